The summed E-state index contributed by atoms with van der Waals surface area (Å²) in [6, 6.07) is 2.57. The lowest BCUT2D eigenvalue weighted by Gasteiger charge is -2.27. The molecular weight excluding hydrogens is 235 g/mol. The van der Waals surface area contributed by atoms with Crippen LogP contribution in [-0.4, -0.2) is 49.8 Å². The van der Waals surface area contributed by atoms with E-state index in [1.165, 1.54) is 19.2 Å². The number of piperazine rings is 1. The Hall–Kier alpha value is -1.33. The lowest BCUT2D eigenvalue weighted by Crippen LogP contribution is -2.44. The summed E-state index contributed by atoms with van der Waals surface area (Å²) < 4.78 is 18.3. The van der Waals surface area contributed by atoms with E-state index in [4.69, 9.17) is 4.74 Å². The van der Waals surface area contributed by atoms with Crippen LogP contribution in [0, 0.1) is 5.82 Å². The fourth-order valence-electron chi connectivity index (χ4n) is 2.19. The molecule has 0 atom stereocenters. The summed E-state index contributed by atoms with van der Waals surface area (Å²) in [6.07, 6.45) is 0.625. The van der Waals surface area contributed by atoms with Crippen LogP contribution in [0.3, 0.4) is 0 Å². The van der Waals surface area contributed by atoms with Crippen molar-refractivity contribution in [2.45, 2.75) is 6.42 Å². The first-order valence-electron chi connectivity index (χ1n) is 6.19. The summed E-state index contributed by atoms with van der Waals surface area (Å²) in [4.78, 5) is 2.30. The molecule has 0 unspecified atom stereocenters. The van der Waals surface area contributed by atoms with Crippen molar-refractivity contribution >= 4 is 0 Å². The summed E-state index contributed by atoms with van der Waals surface area (Å²) >= 11 is 0. The number of benzene rings is 1. The van der Waals surface area contributed by atoms with Crippen LogP contribution in [0.15, 0.2) is 12.1 Å². The van der Waals surface area contributed by atoms with Crippen LogP contribution in [0.2, 0.25) is 0 Å². The molecule has 0 saturated carbocycles. The van der Waals surface area contributed by atoms with Gasteiger partial charge in [-0.1, -0.05) is 0 Å². The molecule has 0 aliphatic carbocycles. The van der Waals surface area contributed by atoms with Crippen molar-refractivity contribution in [2.24, 2.45) is 0 Å². The van der Waals surface area contributed by atoms with Gasteiger partial charge in [0.2, 0.25) is 0 Å². The maximum absolute atomic E-state index is 13.3. The van der Waals surface area contributed by atoms with E-state index in [1.807, 2.05) is 0 Å². The Balaban J connectivity index is 2.01. The van der Waals surface area contributed by atoms with Gasteiger partial charge in [0, 0.05) is 44.4 Å². The normalized spacial score (nSPS) is 16.8. The summed E-state index contributed by atoms with van der Waals surface area (Å²) in [7, 11) is 1.43. The molecule has 4 nitrogen and oxygen atoms in total. The molecular formula is C13H19FN2O2. The fourth-order valence-corrected chi connectivity index (χ4v) is 2.19. The zero-order chi connectivity index (χ0) is 13.0. The van der Waals surface area contributed by atoms with E-state index < -0.39 is 0 Å². The highest BCUT2D eigenvalue weighted by Gasteiger charge is 2.13. The third kappa shape index (κ3) is 3.11. The summed E-state index contributed by atoms with van der Waals surface area (Å²) in [6.45, 7) is 4.78. The van der Waals surface area contributed by atoms with E-state index in [0.717, 1.165) is 32.7 Å². The van der Waals surface area contributed by atoms with Crippen molar-refractivity contribution in [3.8, 4) is 11.5 Å². The van der Waals surface area contributed by atoms with E-state index >= 15 is 0 Å². The van der Waals surface area contributed by atoms with E-state index in [1.54, 1.807) is 0 Å². The second-order valence-corrected chi connectivity index (χ2v) is 4.46. The number of hydrogen-bond acceptors (Lipinski definition) is 4. The summed E-state index contributed by atoms with van der Waals surface area (Å²) in [5.74, 6) is -0.126. The molecule has 1 aliphatic rings. The van der Waals surface area contributed by atoms with Crippen LogP contribution in [0.5, 0.6) is 11.5 Å². The van der Waals surface area contributed by atoms with Crippen molar-refractivity contribution in [1.82, 2.24) is 10.2 Å². The standard InChI is InChI=1S/C13H19FN2O2/c1-18-12-9-11(14)8-10(13(12)17)2-5-16-6-3-15-4-7-16/h8-9,15,17H,2-7H2,1H3. The van der Waals surface area contributed by atoms with Gasteiger partial charge in [0.1, 0.15) is 5.82 Å². The van der Waals surface area contributed by atoms with Crippen LogP contribution in [0.4, 0.5) is 4.39 Å². The maximum atomic E-state index is 13.3. The van der Waals surface area contributed by atoms with Crippen molar-refractivity contribution in [3.63, 3.8) is 0 Å². The number of hydrogen-bond donors (Lipinski definition) is 2. The average Bonchev–Trinajstić information content (AvgIpc) is 2.40. The molecule has 100 valence electrons. The highest BCUT2D eigenvalue weighted by molar-refractivity contribution is 5.46. The lowest BCUT2D eigenvalue weighted by atomic mass is 10.1. The number of ether oxygens (including phenoxy) is 1. The number of halogens is 1. The molecule has 0 spiro atoms. The molecule has 18 heavy (non-hydrogen) atoms. The molecule has 1 heterocycles. The molecule has 1 fully saturated rings. The molecule has 5 heteroatoms. The van der Waals surface area contributed by atoms with Gasteiger partial charge in [0.05, 0.1) is 7.11 Å². The summed E-state index contributed by atoms with van der Waals surface area (Å²) in [5, 5.41) is 13.2. The zero-order valence-corrected chi connectivity index (χ0v) is 10.6. The van der Waals surface area contributed by atoms with Crippen LogP contribution in [-0.2, 0) is 6.42 Å². The smallest absolute Gasteiger partial charge is 0.163 e. The van der Waals surface area contributed by atoms with E-state index in [9.17, 15) is 9.50 Å². The molecule has 1 saturated heterocycles. The second kappa shape index (κ2) is 6.02. The molecule has 0 amide bonds. The monoisotopic (exact) mass is 254 g/mol. The van der Waals surface area contributed by atoms with Crippen LogP contribution in [0.1, 0.15) is 5.56 Å². The summed E-state index contributed by atoms with van der Waals surface area (Å²) in [5.41, 5.74) is 0.602. The number of nitrogens with zero attached hydrogens (tertiary/aromatic N) is 1. The molecule has 2 rings (SSSR count). The first kappa shape index (κ1) is 13.1. The third-order valence-corrected chi connectivity index (χ3v) is 3.25. The Morgan fingerprint density at radius 2 is 2.11 bits per heavy atom. The van der Waals surface area contributed by atoms with E-state index in [2.05, 4.69) is 10.2 Å². The van der Waals surface area contributed by atoms with Gasteiger partial charge in [-0.25, -0.2) is 4.39 Å². The minimum atomic E-state index is -0.375. The van der Waals surface area contributed by atoms with Gasteiger partial charge in [0.25, 0.3) is 0 Å². The van der Waals surface area contributed by atoms with Gasteiger partial charge >= 0.3 is 0 Å². The second-order valence-electron chi connectivity index (χ2n) is 4.46. The first-order valence-corrected chi connectivity index (χ1v) is 6.19. The average molecular weight is 254 g/mol. The minimum Gasteiger partial charge on any atom is -0.504 e. The quantitative estimate of drug-likeness (QED) is 0.841. The van der Waals surface area contributed by atoms with Gasteiger partial charge in [0.15, 0.2) is 11.5 Å². The van der Waals surface area contributed by atoms with Crippen molar-refractivity contribution in [2.75, 3.05) is 39.8 Å². The SMILES string of the molecule is COc1cc(F)cc(CCN2CCNCC2)c1O. The Bertz CT molecular complexity index is 406. The fraction of sp³-hybridized carbons (Fsp3) is 0.538. The van der Waals surface area contributed by atoms with E-state index in [0.29, 0.717) is 12.0 Å². The predicted octanol–water partition coefficient (Wildman–Crippen LogP) is 0.988. The molecule has 2 N–H and O–H groups in total. The minimum absolute atomic E-state index is 0.0500. The van der Waals surface area contributed by atoms with Gasteiger partial charge in [-0.2, -0.15) is 0 Å². The Morgan fingerprint density at radius 3 is 2.78 bits per heavy atom. The highest BCUT2D eigenvalue weighted by Crippen LogP contribution is 2.31. The molecule has 0 aromatic heterocycles. The van der Waals surface area contributed by atoms with Crippen LogP contribution < -0.4 is 10.1 Å². The molecule has 1 aromatic carbocycles. The Labute approximate surface area is 106 Å². The van der Waals surface area contributed by atoms with Gasteiger partial charge < -0.3 is 20.1 Å². The molecule has 0 bridgehead atoms. The number of aromatic hydroxyl groups is 1. The van der Waals surface area contributed by atoms with Gasteiger partial charge in [-0.05, 0) is 12.5 Å². The first-order chi connectivity index (χ1) is 8.70. The molecule has 1 aliphatic heterocycles. The molecule has 0 radical (unpaired) electrons. The van der Waals surface area contributed by atoms with Gasteiger partial charge in [-0.15, -0.1) is 0 Å². The number of nitrogens with one attached hydrogen (secondary N) is 1. The van der Waals surface area contributed by atoms with Gasteiger partial charge in [-0.3, -0.25) is 0 Å². The largest absolute Gasteiger partial charge is 0.504 e. The predicted molar refractivity (Wildman–Crippen MR) is 67.6 cm³/mol. The number of phenolic OH excluding ortho intramolecular Hbond substituents is 1. The topological polar surface area (TPSA) is 44.7 Å². The highest BCUT2D eigenvalue weighted by atomic mass is 19.1. The third-order valence-electron chi connectivity index (χ3n) is 3.25. The van der Waals surface area contributed by atoms with E-state index in [-0.39, 0.29) is 17.3 Å². The zero-order valence-electron chi connectivity index (χ0n) is 10.6. The van der Waals surface area contributed by atoms with Crippen molar-refractivity contribution < 1.29 is 14.2 Å². The maximum Gasteiger partial charge on any atom is 0.163 e. The number of phenols is 1. The number of methoxy groups -OCH3 is 1. The van der Waals surface area contributed by atoms with Crippen molar-refractivity contribution in [3.05, 3.63) is 23.5 Å². The number of rotatable bonds is 4. The van der Waals surface area contributed by atoms with Crippen molar-refractivity contribution in [1.29, 1.82) is 0 Å². The Kier molecular flexibility index (Phi) is 4.38. The Morgan fingerprint density at radius 1 is 1.39 bits per heavy atom. The lowest BCUT2D eigenvalue weighted by molar-refractivity contribution is 0.243. The van der Waals surface area contributed by atoms with Crippen LogP contribution in [0.25, 0.3) is 0 Å². The molecule has 1 aromatic rings. The van der Waals surface area contributed by atoms with Crippen LogP contribution >= 0.6 is 0 Å².